The van der Waals surface area contributed by atoms with E-state index in [0.29, 0.717) is 24.0 Å². The summed E-state index contributed by atoms with van der Waals surface area (Å²) >= 11 is 0. The van der Waals surface area contributed by atoms with Crippen LogP contribution < -0.4 is 0 Å². The number of carbonyl (C=O) groups is 1. The van der Waals surface area contributed by atoms with Gasteiger partial charge in [-0.1, -0.05) is 36.3 Å². The summed E-state index contributed by atoms with van der Waals surface area (Å²) in [6, 6.07) is 0. The van der Waals surface area contributed by atoms with Crippen LogP contribution in [0.2, 0.25) is 0 Å². The Hall–Kier alpha value is -1.15. The van der Waals surface area contributed by atoms with Gasteiger partial charge < -0.3 is 5.11 Å². The first-order valence-electron chi connectivity index (χ1n) is 8.40. The van der Waals surface area contributed by atoms with Crippen LogP contribution in [-0.4, -0.2) is 16.5 Å². The molecule has 3 atom stereocenters. The van der Waals surface area contributed by atoms with Crippen molar-refractivity contribution < 1.29 is 9.90 Å². The molecule has 2 nitrogen and oxygen atoms in total. The molecule has 2 aliphatic rings. The van der Waals surface area contributed by atoms with E-state index in [2.05, 4.69) is 26.8 Å². The third kappa shape index (κ3) is 3.98. The molecule has 0 saturated heterocycles. The van der Waals surface area contributed by atoms with Crippen LogP contribution in [0.15, 0.2) is 35.5 Å². The van der Waals surface area contributed by atoms with Crippen molar-refractivity contribution in [1.82, 2.24) is 0 Å². The lowest BCUT2D eigenvalue weighted by atomic mass is 9.57. The maximum atomic E-state index is 11.9. The third-order valence-corrected chi connectivity index (χ3v) is 5.45. The van der Waals surface area contributed by atoms with Gasteiger partial charge in [-0.25, -0.2) is 0 Å². The van der Waals surface area contributed by atoms with Crippen molar-refractivity contribution in [3.8, 4) is 0 Å². The molecule has 0 bridgehead atoms. The fourth-order valence-corrected chi connectivity index (χ4v) is 4.10. The van der Waals surface area contributed by atoms with Gasteiger partial charge in [-0.3, -0.25) is 4.79 Å². The zero-order chi connectivity index (χ0) is 16.5. The van der Waals surface area contributed by atoms with Crippen LogP contribution in [0, 0.1) is 17.3 Å². The summed E-state index contributed by atoms with van der Waals surface area (Å²) in [6.45, 7) is 10.2. The van der Waals surface area contributed by atoms with Crippen LogP contribution in [0.4, 0.5) is 0 Å². The fraction of sp³-hybridized carbons (Fsp3) is 0.650. The van der Waals surface area contributed by atoms with E-state index in [9.17, 15) is 9.90 Å². The minimum atomic E-state index is -0.759. The smallest absolute Gasteiger partial charge is 0.156 e. The molecule has 0 aromatic carbocycles. The predicted molar refractivity (Wildman–Crippen MR) is 91.5 cm³/mol. The highest BCUT2D eigenvalue weighted by Gasteiger charge is 2.44. The summed E-state index contributed by atoms with van der Waals surface area (Å²) in [7, 11) is 0. The summed E-state index contributed by atoms with van der Waals surface area (Å²) in [4.78, 5) is 11.9. The van der Waals surface area contributed by atoms with Crippen molar-refractivity contribution >= 4 is 5.78 Å². The van der Waals surface area contributed by atoms with Gasteiger partial charge in [0.05, 0.1) is 5.60 Å². The number of allylic oxidation sites excluding steroid dienone is 5. The van der Waals surface area contributed by atoms with E-state index in [1.54, 1.807) is 13.8 Å². The summed E-state index contributed by atoms with van der Waals surface area (Å²) in [5.74, 6) is 1.42. The molecule has 2 aliphatic carbocycles. The average molecular weight is 302 g/mol. The summed E-state index contributed by atoms with van der Waals surface area (Å²) in [5.41, 5.74) is 2.05. The number of rotatable bonds is 3. The minimum Gasteiger partial charge on any atom is -0.386 e. The van der Waals surface area contributed by atoms with Gasteiger partial charge in [0.15, 0.2) is 5.78 Å². The molecule has 1 N–H and O–H groups in total. The van der Waals surface area contributed by atoms with Gasteiger partial charge >= 0.3 is 0 Å². The van der Waals surface area contributed by atoms with E-state index in [1.165, 1.54) is 11.1 Å². The second-order valence-corrected chi connectivity index (χ2v) is 8.13. The van der Waals surface area contributed by atoms with Crippen molar-refractivity contribution in [3.05, 3.63) is 35.5 Å². The molecule has 0 unspecified atom stereocenters. The second kappa shape index (κ2) is 6.16. The summed E-state index contributed by atoms with van der Waals surface area (Å²) in [6.07, 6.45) is 11.9. The predicted octanol–water partition coefficient (Wildman–Crippen LogP) is 4.60. The highest BCUT2D eigenvalue weighted by Crippen LogP contribution is 2.52. The Labute approximate surface area is 135 Å². The van der Waals surface area contributed by atoms with Gasteiger partial charge in [0.2, 0.25) is 0 Å². The first kappa shape index (κ1) is 17.2. The van der Waals surface area contributed by atoms with Crippen LogP contribution in [0.5, 0.6) is 0 Å². The minimum absolute atomic E-state index is 0.162. The second-order valence-electron chi connectivity index (χ2n) is 8.13. The Morgan fingerprint density at radius 2 is 2.14 bits per heavy atom. The van der Waals surface area contributed by atoms with Crippen LogP contribution in [-0.2, 0) is 4.79 Å². The molecule has 0 amide bonds. The van der Waals surface area contributed by atoms with Gasteiger partial charge in [0.1, 0.15) is 0 Å². The zero-order valence-corrected chi connectivity index (χ0v) is 14.6. The molecule has 0 heterocycles. The Morgan fingerprint density at radius 1 is 1.45 bits per heavy atom. The number of aliphatic hydroxyl groups is 1. The van der Waals surface area contributed by atoms with Gasteiger partial charge in [-0.15, -0.1) is 0 Å². The Morgan fingerprint density at radius 3 is 2.77 bits per heavy atom. The van der Waals surface area contributed by atoms with Gasteiger partial charge in [-0.2, -0.15) is 0 Å². The highest BCUT2D eigenvalue weighted by molar-refractivity contribution is 5.92. The van der Waals surface area contributed by atoms with Crippen molar-refractivity contribution in [2.75, 3.05) is 0 Å². The summed E-state index contributed by atoms with van der Waals surface area (Å²) < 4.78 is 0. The molecule has 0 aromatic heterocycles. The molecule has 122 valence electrons. The Balaban J connectivity index is 2.11. The number of fused-ring (bicyclic) bond motifs is 1. The monoisotopic (exact) mass is 302 g/mol. The largest absolute Gasteiger partial charge is 0.386 e. The van der Waals surface area contributed by atoms with Crippen molar-refractivity contribution in [2.45, 2.75) is 65.9 Å². The first-order chi connectivity index (χ1) is 10.1. The molecular weight excluding hydrogens is 272 g/mol. The Bertz CT molecular complexity index is 530. The zero-order valence-electron chi connectivity index (χ0n) is 14.6. The molecule has 0 aliphatic heterocycles. The number of hydrogen-bond donors (Lipinski definition) is 1. The molecular formula is C20H30O2. The maximum Gasteiger partial charge on any atom is 0.156 e. The third-order valence-electron chi connectivity index (χ3n) is 5.45. The number of carbonyl (C=O) groups excluding carboxylic acids is 1. The molecule has 2 heteroatoms. The molecule has 0 radical (unpaired) electrons. The van der Waals surface area contributed by atoms with Crippen LogP contribution in [0.3, 0.4) is 0 Å². The van der Waals surface area contributed by atoms with Crippen molar-refractivity contribution in [1.29, 1.82) is 0 Å². The molecule has 1 fully saturated rings. The van der Waals surface area contributed by atoms with E-state index in [-0.39, 0.29) is 5.41 Å². The van der Waals surface area contributed by atoms with Crippen LogP contribution in [0.25, 0.3) is 0 Å². The van der Waals surface area contributed by atoms with Gasteiger partial charge in [0.25, 0.3) is 0 Å². The van der Waals surface area contributed by atoms with Crippen molar-refractivity contribution in [2.24, 2.45) is 17.3 Å². The molecule has 2 rings (SSSR count). The topological polar surface area (TPSA) is 37.3 Å². The first-order valence-corrected chi connectivity index (χ1v) is 8.40. The van der Waals surface area contributed by atoms with Crippen LogP contribution in [0.1, 0.15) is 60.3 Å². The molecule has 0 spiro atoms. The maximum absolute atomic E-state index is 11.9. The number of ketones is 1. The van der Waals surface area contributed by atoms with E-state index in [4.69, 9.17) is 0 Å². The number of hydrogen-bond acceptors (Lipinski definition) is 2. The highest BCUT2D eigenvalue weighted by atomic mass is 16.3. The average Bonchev–Trinajstić information content (AvgIpc) is 2.35. The molecule has 22 heavy (non-hydrogen) atoms. The lowest BCUT2D eigenvalue weighted by molar-refractivity contribution is -0.119. The van der Waals surface area contributed by atoms with Gasteiger partial charge in [-0.05, 0) is 70.3 Å². The molecule has 1 saturated carbocycles. The lowest BCUT2D eigenvalue weighted by Crippen LogP contribution is -2.39. The van der Waals surface area contributed by atoms with E-state index in [1.807, 2.05) is 18.2 Å². The normalized spacial score (nSPS) is 33.8. The standard InChI is InChI=1S/C20H30O2/c1-14(7-6-9-19(3,4)22)16-8-10-20(5)13-17(21)11-15(2)18(20)12-16/h6-7,9,11,16,18,22H,8,10,12-13H2,1-5H3/b9-6+,14-7+/t16-,18+,20+/m1/s1. The molecule has 0 aromatic rings. The van der Waals surface area contributed by atoms with Crippen LogP contribution >= 0.6 is 0 Å². The van der Waals surface area contributed by atoms with E-state index >= 15 is 0 Å². The quantitative estimate of drug-likeness (QED) is 0.773. The van der Waals surface area contributed by atoms with E-state index in [0.717, 1.165) is 19.3 Å². The van der Waals surface area contributed by atoms with Gasteiger partial charge in [0, 0.05) is 6.42 Å². The lowest BCUT2D eigenvalue weighted by Gasteiger charge is -2.47. The van der Waals surface area contributed by atoms with Crippen molar-refractivity contribution in [3.63, 3.8) is 0 Å². The summed E-state index contributed by atoms with van der Waals surface area (Å²) in [5, 5.41) is 9.73. The fourth-order valence-electron chi connectivity index (χ4n) is 4.10. The van der Waals surface area contributed by atoms with E-state index < -0.39 is 5.60 Å². The SMILES string of the molecule is CC1=CC(=O)C[C@]2(C)CC[C@@H](/C(C)=C/C=C/C(C)(C)O)C[C@@H]12. The Kier molecular flexibility index (Phi) is 4.81.